The Morgan fingerprint density at radius 1 is 1.09 bits per heavy atom. The molecule has 2 aromatic carbocycles. The Kier molecular flexibility index (Phi) is 6.83. The number of hydrogen-bond acceptors (Lipinski definition) is 6. The molecule has 0 unspecified atom stereocenters. The number of amides is 1. The largest absolute Gasteiger partial charge is 0.419 e. The SMILES string of the molecule is CCN(CC)S(=O)(=O)c1cccc(C(=O)N(Cc2nnc(-c3ccccc3Cl)o2)C2CC2)c1. The Labute approximate surface area is 198 Å². The third kappa shape index (κ3) is 4.95. The predicted octanol–water partition coefficient (Wildman–Crippen LogP) is 4.23. The summed E-state index contributed by atoms with van der Waals surface area (Å²) in [5.74, 6) is 0.301. The average molecular weight is 489 g/mol. The highest BCUT2D eigenvalue weighted by molar-refractivity contribution is 7.89. The van der Waals surface area contributed by atoms with Crippen LogP contribution in [0.2, 0.25) is 5.02 Å². The second kappa shape index (κ2) is 9.62. The molecule has 4 rings (SSSR count). The van der Waals surface area contributed by atoms with Gasteiger partial charge >= 0.3 is 0 Å². The fraction of sp³-hybridized carbons (Fsp3) is 0.348. The Morgan fingerprint density at radius 2 is 1.82 bits per heavy atom. The molecule has 0 bridgehead atoms. The first-order chi connectivity index (χ1) is 15.8. The normalized spacial score (nSPS) is 13.9. The number of carbonyl (C=O) groups excluding carboxylic acids is 1. The maximum Gasteiger partial charge on any atom is 0.254 e. The van der Waals surface area contributed by atoms with E-state index < -0.39 is 10.0 Å². The summed E-state index contributed by atoms with van der Waals surface area (Å²) < 4.78 is 32.9. The predicted molar refractivity (Wildman–Crippen MR) is 124 cm³/mol. The van der Waals surface area contributed by atoms with E-state index in [4.69, 9.17) is 16.0 Å². The van der Waals surface area contributed by atoms with Crippen molar-refractivity contribution in [3.8, 4) is 11.5 Å². The zero-order valence-electron chi connectivity index (χ0n) is 18.4. The van der Waals surface area contributed by atoms with Crippen molar-refractivity contribution >= 4 is 27.5 Å². The molecule has 174 valence electrons. The van der Waals surface area contributed by atoms with Gasteiger partial charge in [0.1, 0.15) is 0 Å². The van der Waals surface area contributed by atoms with Gasteiger partial charge in [0.15, 0.2) is 0 Å². The van der Waals surface area contributed by atoms with Gasteiger partial charge in [0, 0.05) is 24.7 Å². The van der Waals surface area contributed by atoms with Gasteiger partial charge in [-0.05, 0) is 43.2 Å². The molecule has 0 atom stereocenters. The minimum absolute atomic E-state index is 0.0520. The van der Waals surface area contributed by atoms with Gasteiger partial charge in [-0.15, -0.1) is 10.2 Å². The van der Waals surface area contributed by atoms with E-state index in [0.717, 1.165) is 12.8 Å². The summed E-state index contributed by atoms with van der Waals surface area (Å²) in [5, 5.41) is 8.66. The molecule has 1 aromatic heterocycles. The molecule has 0 spiro atoms. The number of rotatable bonds is 9. The lowest BCUT2D eigenvalue weighted by molar-refractivity contribution is 0.0714. The number of benzene rings is 2. The second-order valence-corrected chi connectivity index (χ2v) is 10.1. The molecule has 0 saturated heterocycles. The van der Waals surface area contributed by atoms with Crippen molar-refractivity contribution in [1.82, 2.24) is 19.4 Å². The van der Waals surface area contributed by atoms with E-state index in [1.807, 2.05) is 12.1 Å². The molecule has 33 heavy (non-hydrogen) atoms. The van der Waals surface area contributed by atoms with E-state index in [1.165, 1.54) is 16.4 Å². The van der Waals surface area contributed by atoms with Crippen LogP contribution < -0.4 is 0 Å². The second-order valence-electron chi connectivity index (χ2n) is 7.76. The van der Waals surface area contributed by atoms with Crippen LogP contribution in [-0.4, -0.2) is 52.9 Å². The summed E-state index contributed by atoms with van der Waals surface area (Å²) >= 11 is 6.21. The van der Waals surface area contributed by atoms with Gasteiger partial charge in [0.05, 0.1) is 22.0 Å². The van der Waals surface area contributed by atoms with Gasteiger partial charge in [-0.1, -0.05) is 43.6 Å². The molecular weight excluding hydrogens is 464 g/mol. The highest BCUT2D eigenvalue weighted by atomic mass is 35.5. The lowest BCUT2D eigenvalue weighted by Crippen LogP contribution is -2.33. The van der Waals surface area contributed by atoms with E-state index >= 15 is 0 Å². The van der Waals surface area contributed by atoms with Crippen molar-refractivity contribution in [3.05, 3.63) is 65.0 Å². The summed E-state index contributed by atoms with van der Waals surface area (Å²) in [4.78, 5) is 15.1. The van der Waals surface area contributed by atoms with E-state index in [1.54, 1.807) is 43.0 Å². The van der Waals surface area contributed by atoms with Crippen molar-refractivity contribution in [2.45, 2.75) is 44.2 Å². The van der Waals surface area contributed by atoms with Gasteiger partial charge in [-0.25, -0.2) is 8.42 Å². The standard InChI is InChI=1S/C23H25ClN4O4S/c1-3-27(4-2)33(30,31)18-9-7-8-16(14-18)23(29)28(17-12-13-17)15-21-25-26-22(32-21)19-10-5-6-11-20(19)24/h5-11,14,17H,3-4,12-13,15H2,1-2H3. The summed E-state index contributed by atoms with van der Waals surface area (Å²) in [6, 6.07) is 13.4. The van der Waals surface area contributed by atoms with Crippen LogP contribution in [0.1, 0.15) is 42.9 Å². The molecule has 1 saturated carbocycles. The zero-order chi connectivity index (χ0) is 23.6. The van der Waals surface area contributed by atoms with Crippen molar-refractivity contribution in [3.63, 3.8) is 0 Å². The molecule has 1 amide bonds. The molecule has 0 N–H and O–H groups in total. The van der Waals surface area contributed by atoms with Gasteiger partial charge < -0.3 is 9.32 Å². The third-order valence-corrected chi connectivity index (χ3v) is 7.92. The number of hydrogen-bond donors (Lipinski definition) is 0. The monoisotopic (exact) mass is 488 g/mol. The van der Waals surface area contributed by atoms with E-state index in [-0.39, 0.29) is 35.2 Å². The summed E-state index contributed by atoms with van der Waals surface area (Å²) in [6.07, 6.45) is 1.74. The van der Waals surface area contributed by atoms with Gasteiger partial charge in [0.25, 0.3) is 5.91 Å². The van der Waals surface area contributed by atoms with Crippen LogP contribution in [0, 0.1) is 0 Å². The van der Waals surface area contributed by atoms with Crippen molar-refractivity contribution in [2.75, 3.05) is 13.1 Å². The third-order valence-electron chi connectivity index (χ3n) is 5.55. The molecule has 1 fully saturated rings. The number of carbonyl (C=O) groups is 1. The van der Waals surface area contributed by atoms with Crippen molar-refractivity contribution in [2.24, 2.45) is 0 Å². The van der Waals surface area contributed by atoms with Gasteiger partial charge in [-0.3, -0.25) is 4.79 Å². The minimum Gasteiger partial charge on any atom is -0.419 e. The topological polar surface area (TPSA) is 96.6 Å². The average Bonchev–Trinajstić information content (AvgIpc) is 3.56. The highest BCUT2D eigenvalue weighted by Gasteiger charge is 2.35. The van der Waals surface area contributed by atoms with Crippen molar-refractivity contribution in [1.29, 1.82) is 0 Å². The zero-order valence-corrected chi connectivity index (χ0v) is 20.0. The quantitative estimate of drug-likeness (QED) is 0.447. The first-order valence-electron chi connectivity index (χ1n) is 10.8. The maximum atomic E-state index is 13.4. The van der Waals surface area contributed by atoms with Gasteiger partial charge in [-0.2, -0.15) is 4.31 Å². The molecular formula is C23H25ClN4O4S. The summed E-state index contributed by atoms with van der Waals surface area (Å²) in [6.45, 7) is 4.42. The maximum absolute atomic E-state index is 13.4. The van der Waals surface area contributed by atoms with Crippen LogP contribution in [0.5, 0.6) is 0 Å². The summed E-state index contributed by atoms with van der Waals surface area (Å²) in [7, 11) is -3.67. The molecule has 10 heteroatoms. The molecule has 1 aliphatic rings. The smallest absolute Gasteiger partial charge is 0.254 e. The number of halogens is 1. The van der Waals surface area contributed by atoms with Crippen LogP contribution in [0.4, 0.5) is 0 Å². The first-order valence-corrected chi connectivity index (χ1v) is 12.7. The van der Waals surface area contributed by atoms with E-state index in [0.29, 0.717) is 29.2 Å². The highest BCUT2D eigenvalue weighted by Crippen LogP contribution is 2.31. The molecule has 0 aliphatic heterocycles. The molecule has 1 aliphatic carbocycles. The summed E-state index contributed by atoms with van der Waals surface area (Å²) in [5.41, 5.74) is 0.928. The first kappa shape index (κ1) is 23.4. The van der Waals surface area contributed by atoms with E-state index in [9.17, 15) is 13.2 Å². The van der Waals surface area contributed by atoms with Crippen LogP contribution in [0.15, 0.2) is 57.8 Å². The number of aromatic nitrogens is 2. The number of sulfonamides is 1. The Morgan fingerprint density at radius 3 is 2.48 bits per heavy atom. The lowest BCUT2D eigenvalue weighted by Gasteiger charge is -2.22. The Bertz CT molecular complexity index is 1250. The molecule has 0 radical (unpaired) electrons. The lowest BCUT2D eigenvalue weighted by atomic mass is 10.2. The molecule has 3 aromatic rings. The Balaban J connectivity index is 1.58. The Hall–Kier alpha value is -2.75. The van der Waals surface area contributed by atoms with Crippen LogP contribution >= 0.6 is 11.6 Å². The van der Waals surface area contributed by atoms with Crippen LogP contribution in [0.25, 0.3) is 11.5 Å². The van der Waals surface area contributed by atoms with Crippen LogP contribution in [0.3, 0.4) is 0 Å². The molecule has 8 nitrogen and oxygen atoms in total. The van der Waals surface area contributed by atoms with Crippen molar-refractivity contribution < 1.29 is 17.6 Å². The van der Waals surface area contributed by atoms with Crippen LogP contribution in [-0.2, 0) is 16.6 Å². The number of nitrogens with zero attached hydrogens (tertiary/aromatic N) is 4. The van der Waals surface area contributed by atoms with Gasteiger partial charge in [0.2, 0.25) is 21.8 Å². The fourth-order valence-corrected chi connectivity index (χ4v) is 5.35. The fourth-order valence-electron chi connectivity index (χ4n) is 3.63. The van der Waals surface area contributed by atoms with E-state index in [2.05, 4.69) is 10.2 Å². The molecule has 1 heterocycles. The minimum atomic E-state index is -3.67.